The summed E-state index contributed by atoms with van der Waals surface area (Å²) >= 11 is 2.99. The van der Waals surface area contributed by atoms with Gasteiger partial charge in [-0.25, -0.2) is 4.98 Å². The van der Waals surface area contributed by atoms with Crippen molar-refractivity contribution in [3.05, 3.63) is 51.1 Å². The van der Waals surface area contributed by atoms with Crippen LogP contribution in [0.5, 0.6) is 0 Å². The van der Waals surface area contributed by atoms with Gasteiger partial charge in [0.1, 0.15) is 4.83 Å². The molecular formula is C22H23N3O2S2. The molecule has 1 saturated carbocycles. The molecular weight excluding hydrogens is 402 g/mol. The fourth-order valence-corrected chi connectivity index (χ4v) is 6.15. The number of nitrogens with zero attached hydrogens (tertiary/aromatic N) is 2. The number of hydrogen-bond acceptors (Lipinski definition) is 5. The smallest absolute Gasteiger partial charge is 0.267 e. The number of nitrogens with one attached hydrogen (secondary N) is 1. The first-order chi connectivity index (χ1) is 14.1. The molecule has 1 N–H and O–H groups in total. The Labute approximate surface area is 177 Å². The first-order valence-electron chi connectivity index (χ1n) is 10.1. The lowest BCUT2D eigenvalue weighted by atomic mass is 9.89. The van der Waals surface area contributed by atoms with E-state index < -0.39 is 0 Å². The number of para-hydroxylation sites is 1. The largest absolute Gasteiger partial charge is 0.353 e. The molecule has 29 heavy (non-hydrogen) atoms. The molecule has 0 saturated heterocycles. The number of hydrogen-bond donors (Lipinski definition) is 1. The SMILES string of the molecule is C[C@@H]1CCc2c(sc3nc(SCC(=O)NC4CC4)n(-c4ccccc4)c(=O)c23)C1. The van der Waals surface area contributed by atoms with Crippen LogP contribution in [0, 0.1) is 5.92 Å². The second-order valence-electron chi connectivity index (χ2n) is 8.03. The van der Waals surface area contributed by atoms with E-state index in [1.807, 2.05) is 30.3 Å². The normalized spacial score (nSPS) is 18.6. The van der Waals surface area contributed by atoms with Gasteiger partial charge in [-0.2, -0.15) is 0 Å². The summed E-state index contributed by atoms with van der Waals surface area (Å²) in [6, 6.07) is 9.95. The highest BCUT2D eigenvalue weighted by molar-refractivity contribution is 7.99. The van der Waals surface area contributed by atoms with Crippen LogP contribution in [0.1, 0.15) is 36.6 Å². The van der Waals surface area contributed by atoms with Crippen LogP contribution in [-0.2, 0) is 17.6 Å². The molecule has 2 heterocycles. The summed E-state index contributed by atoms with van der Waals surface area (Å²) in [6.07, 6.45) is 5.20. The van der Waals surface area contributed by atoms with Crippen molar-refractivity contribution in [3.8, 4) is 5.69 Å². The van der Waals surface area contributed by atoms with Crippen LogP contribution in [0.25, 0.3) is 15.9 Å². The van der Waals surface area contributed by atoms with Crippen LogP contribution in [0.15, 0.2) is 40.3 Å². The van der Waals surface area contributed by atoms with Crippen LogP contribution in [0.2, 0.25) is 0 Å². The lowest BCUT2D eigenvalue weighted by Gasteiger charge is -2.17. The van der Waals surface area contributed by atoms with Gasteiger partial charge in [0.25, 0.3) is 5.56 Å². The summed E-state index contributed by atoms with van der Waals surface area (Å²) in [4.78, 5) is 32.8. The molecule has 0 bridgehead atoms. The maximum Gasteiger partial charge on any atom is 0.267 e. The van der Waals surface area contributed by atoms with Crippen molar-refractivity contribution in [1.82, 2.24) is 14.9 Å². The van der Waals surface area contributed by atoms with E-state index in [-0.39, 0.29) is 17.2 Å². The van der Waals surface area contributed by atoms with Crippen molar-refractivity contribution < 1.29 is 4.79 Å². The predicted octanol–water partition coefficient (Wildman–Crippen LogP) is 3.94. The molecule has 1 fully saturated rings. The van der Waals surface area contributed by atoms with Crippen molar-refractivity contribution in [1.29, 1.82) is 0 Å². The van der Waals surface area contributed by atoms with Crippen molar-refractivity contribution in [2.24, 2.45) is 5.92 Å². The summed E-state index contributed by atoms with van der Waals surface area (Å²) in [5.74, 6) is 0.918. The van der Waals surface area contributed by atoms with E-state index in [0.717, 1.165) is 48.0 Å². The molecule has 2 aliphatic rings. The number of thioether (sulfide) groups is 1. The van der Waals surface area contributed by atoms with Crippen LogP contribution < -0.4 is 10.9 Å². The van der Waals surface area contributed by atoms with Crippen molar-refractivity contribution in [2.45, 2.75) is 50.2 Å². The van der Waals surface area contributed by atoms with E-state index in [0.29, 0.717) is 17.1 Å². The molecule has 2 aromatic heterocycles. The molecule has 1 atom stereocenters. The Morgan fingerprint density at radius 2 is 2.07 bits per heavy atom. The number of thiophene rings is 1. The first-order valence-corrected chi connectivity index (χ1v) is 11.9. The second kappa shape index (κ2) is 7.61. The lowest BCUT2D eigenvalue weighted by molar-refractivity contribution is -0.118. The number of carbonyl (C=O) groups excluding carboxylic acids is 1. The number of benzene rings is 1. The molecule has 0 spiro atoms. The van der Waals surface area contributed by atoms with Crippen LogP contribution >= 0.6 is 23.1 Å². The average Bonchev–Trinajstić information content (AvgIpc) is 3.44. The Kier molecular flexibility index (Phi) is 4.95. The third-order valence-electron chi connectivity index (χ3n) is 5.59. The fourth-order valence-electron chi connectivity index (χ4n) is 3.90. The molecule has 2 aliphatic carbocycles. The monoisotopic (exact) mass is 425 g/mol. The van der Waals surface area contributed by atoms with Crippen molar-refractivity contribution in [3.63, 3.8) is 0 Å². The molecule has 3 aromatic rings. The minimum Gasteiger partial charge on any atom is -0.353 e. The van der Waals surface area contributed by atoms with Gasteiger partial charge in [-0.05, 0) is 55.7 Å². The number of fused-ring (bicyclic) bond motifs is 3. The summed E-state index contributed by atoms with van der Waals surface area (Å²) < 4.78 is 1.68. The van der Waals surface area contributed by atoms with Gasteiger partial charge in [-0.15, -0.1) is 11.3 Å². The van der Waals surface area contributed by atoms with Gasteiger partial charge in [-0.1, -0.05) is 36.9 Å². The Balaban J connectivity index is 1.60. The molecule has 1 amide bonds. The molecule has 5 nitrogen and oxygen atoms in total. The van der Waals surface area contributed by atoms with Gasteiger partial charge in [0, 0.05) is 10.9 Å². The van der Waals surface area contributed by atoms with Gasteiger partial charge in [-0.3, -0.25) is 14.2 Å². The first kappa shape index (κ1) is 18.9. The van der Waals surface area contributed by atoms with E-state index in [2.05, 4.69) is 12.2 Å². The Bertz CT molecular complexity index is 1130. The second-order valence-corrected chi connectivity index (χ2v) is 10.1. The van der Waals surface area contributed by atoms with E-state index in [1.165, 1.54) is 22.2 Å². The van der Waals surface area contributed by atoms with Gasteiger partial charge < -0.3 is 5.32 Å². The number of aryl methyl sites for hydroxylation is 1. The molecule has 0 unspecified atom stereocenters. The van der Waals surface area contributed by atoms with Crippen LogP contribution in [-0.4, -0.2) is 27.3 Å². The zero-order valence-electron chi connectivity index (χ0n) is 16.3. The highest BCUT2D eigenvalue weighted by Gasteiger charge is 2.26. The third-order valence-corrected chi connectivity index (χ3v) is 7.67. The van der Waals surface area contributed by atoms with Crippen LogP contribution in [0.4, 0.5) is 0 Å². The highest BCUT2D eigenvalue weighted by atomic mass is 32.2. The van der Waals surface area contributed by atoms with E-state index in [4.69, 9.17) is 4.98 Å². The number of carbonyl (C=O) groups is 1. The number of aromatic nitrogens is 2. The summed E-state index contributed by atoms with van der Waals surface area (Å²) in [5.41, 5.74) is 1.97. The summed E-state index contributed by atoms with van der Waals surface area (Å²) in [5, 5.41) is 4.37. The average molecular weight is 426 g/mol. The quantitative estimate of drug-likeness (QED) is 0.497. The zero-order valence-corrected chi connectivity index (χ0v) is 17.9. The summed E-state index contributed by atoms with van der Waals surface area (Å²) in [6.45, 7) is 2.27. The lowest BCUT2D eigenvalue weighted by Crippen LogP contribution is -2.28. The Morgan fingerprint density at radius 3 is 2.83 bits per heavy atom. The molecule has 1 aromatic carbocycles. The topological polar surface area (TPSA) is 64.0 Å². The number of rotatable bonds is 5. The van der Waals surface area contributed by atoms with Crippen molar-refractivity contribution in [2.75, 3.05) is 5.75 Å². The minimum absolute atomic E-state index is 0.00533. The Morgan fingerprint density at radius 1 is 1.28 bits per heavy atom. The minimum atomic E-state index is -0.0154. The van der Waals surface area contributed by atoms with E-state index in [1.54, 1.807) is 15.9 Å². The van der Waals surface area contributed by atoms with Gasteiger partial charge >= 0.3 is 0 Å². The Hall–Kier alpha value is -2.12. The third kappa shape index (κ3) is 3.73. The van der Waals surface area contributed by atoms with Crippen LogP contribution in [0.3, 0.4) is 0 Å². The molecule has 150 valence electrons. The van der Waals surface area contributed by atoms with Crippen molar-refractivity contribution >= 4 is 39.2 Å². The number of amides is 1. The molecule has 5 rings (SSSR count). The zero-order chi connectivity index (χ0) is 20.0. The van der Waals surface area contributed by atoms with E-state index >= 15 is 0 Å². The van der Waals surface area contributed by atoms with Gasteiger partial charge in [0.05, 0.1) is 16.8 Å². The molecule has 7 heteroatoms. The standard InChI is InChI=1S/C22H23N3O2S2/c1-13-7-10-16-17(11-13)29-20-19(16)21(27)25(15-5-3-2-4-6-15)22(24-20)28-12-18(26)23-14-8-9-14/h2-6,13-14H,7-12H2,1H3,(H,23,26)/t13-/m1/s1. The highest BCUT2D eigenvalue weighted by Crippen LogP contribution is 2.37. The van der Waals surface area contributed by atoms with Gasteiger partial charge in [0.15, 0.2) is 5.16 Å². The maximum atomic E-state index is 13.6. The fraction of sp³-hybridized carbons (Fsp3) is 0.409. The predicted molar refractivity (Wildman–Crippen MR) is 118 cm³/mol. The molecule has 0 aliphatic heterocycles. The summed E-state index contributed by atoms with van der Waals surface area (Å²) in [7, 11) is 0. The van der Waals surface area contributed by atoms with Gasteiger partial charge in [0.2, 0.25) is 5.91 Å². The van der Waals surface area contributed by atoms with E-state index in [9.17, 15) is 9.59 Å². The maximum absolute atomic E-state index is 13.6. The molecule has 0 radical (unpaired) electrons.